The summed E-state index contributed by atoms with van der Waals surface area (Å²) in [5.74, 6) is -0.226. The first-order valence-electron chi connectivity index (χ1n) is 12.0. The number of aliphatic imine (C=N–C) groups is 1. The molecule has 2 aromatic heterocycles. The number of carbonyl (C=O) groups is 1. The van der Waals surface area contributed by atoms with Crippen molar-refractivity contribution in [3.63, 3.8) is 0 Å². The molecular formula is C26H31FN6O5S. The molecule has 0 bridgehead atoms. The van der Waals surface area contributed by atoms with Gasteiger partial charge in [0.15, 0.2) is 5.76 Å². The van der Waals surface area contributed by atoms with Crippen LogP contribution >= 0.6 is 0 Å². The first kappa shape index (κ1) is 28.1. The van der Waals surface area contributed by atoms with E-state index >= 15 is 4.39 Å². The van der Waals surface area contributed by atoms with E-state index < -0.39 is 37.5 Å². The molecule has 4 rings (SSSR count). The lowest BCUT2D eigenvalue weighted by Gasteiger charge is -2.41. The maximum absolute atomic E-state index is 15.3. The highest BCUT2D eigenvalue weighted by atomic mass is 32.2. The molecule has 1 aliphatic rings. The van der Waals surface area contributed by atoms with Gasteiger partial charge in [-0.15, -0.1) is 0 Å². The Morgan fingerprint density at radius 2 is 1.87 bits per heavy atom. The number of ether oxygens (including phenoxy) is 2. The molecule has 0 fully saturated rings. The van der Waals surface area contributed by atoms with Gasteiger partial charge in [-0.25, -0.2) is 23.4 Å². The van der Waals surface area contributed by atoms with E-state index in [0.717, 1.165) is 0 Å². The topological polar surface area (TPSA) is 153 Å². The van der Waals surface area contributed by atoms with Gasteiger partial charge in [-0.1, -0.05) is 5.16 Å². The van der Waals surface area contributed by atoms with Gasteiger partial charge in [-0.3, -0.25) is 15.1 Å². The molecule has 0 aliphatic carbocycles. The van der Waals surface area contributed by atoms with Crippen molar-refractivity contribution >= 4 is 21.7 Å². The zero-order valence-corrected chi connectivity index (χ0v) is 23.6. The number of amides is 1. The fourth-order valence-electron chi connectivity index (χ4n) is 4.04. The van der Waals surface area contributed by atoms with Crippen LogP contribution in [0.2, 0.25) is 0 Å². The number of alkyl carbamates (subject to hydrolysis) is 1. The molecule has 0 radical (unpaired) electrons. The van der Waals surface area contributed by atoms with Crippen molar-refractivity contribution in [3.05, 3.63) is 48.0 Å². The summed E-state index contributed by atoms with van der Waals surface area (Å²) in [6.07, 6.45) is 2.13. The number of hydrogen-bond acceptors (Lipinski definition) is 10. The van der Waals surface area contributed by atoms with Crippen LogP contribution in [0.4, 0.5) is 9.18 Å². The molecule has 3 aromatic rings. The predicted octanol–water partition coefficient (Wildman–Crippen LogP) is 4.92. The van der Waals surface area contributed by atoms with E-state index in [-0.39, 0.29) is 17.2 Å². The van der Waals surface area contributed by atoms with Crippen LogP contribution in [0.5, 0.6) is 5.88 Å². The molecule has 1 aromatic carbocycles. The summed E-state index contributed by atoms with van der Waals surface area (Å²) in [5, 5.41) is 6.60. The Morgan fingerprint density at radius 3 is 2.49 bits per heavy atom. The van der Waals surface area contributed by atoms with Crippen molar-refractivity contribution in [2.75, 3.05) is 12.9 Å². The summed E-state index contributed by atoms with van der Waals surface area (Å²) in [6.45, 7) is 9.81. The van der Waals surface area contributed by atoms with E-state index in [9.17, 15) is 9.00 Å². The Balaban J connectivity index is 1.74. The maximum atomic E-state index is 15.3. The number of aromatic nitrogens is 3. The van der Waals surface area contributed by atoms with Crippen LogP contribution in [0.15, 0.2) is 46.2 Å². The van der Waals surface area contributed by atoms with Crippen molar-refractivity contribution in [1.82, 2.24) is 20.4 Å². The molecule has 11 nitrogen and oxygen atoms in total. The predicted molar refractivity (Wildman–Crippen MR) is 143 cm³/mol. The molecule has 13 heteroatoms. The van der Waals surface area contributed by atoms with Gasteiger partial charge in [0, 0.05) is 17.2 Å². The molecule has 0 saturated carbocycles. The summed E-state index contributed by atoms with van der Waals surface area (Å²) in [7, 11) is -1.93. The molecule has 0 saturated heterocycles. The molecule has 39 heavy (non-hydrogen) atoms. The molecule has 0 unspecified atom stereocenters. The third-order valence-electron chi connectivity index (χ3n) is 6.30. The molecule has 1 amide bonds. The largest absolute Gasteiger partial charge is 0.480 e. The van der Waals surface area contributed by atoms with Gasteiger partial charge in [0.25, 0.3) is 0 Å². The SMILES string of the molecule is COc1cnc(-c2cc(-c3ccc(F)c([C@]4(C)C[S@](=N)(=O)C(C)(C)C(NC(=O)OC(C)(C)C)=N4)c3)on2)cn1. The van der Waals surface area contributed by atoms with Crippen molar-refractivity contribution in [2.45, 2.75) is 57.4 Å². The minimum atomic E-state index is -3.42. The summed E-state index contributed by atoms with van der Waals surface area (Å²) >= 11 is 0. The van der Waals surface area contributed by atoms with Crippen molar-refractivity contribution in [1.29, 1.82) is 4.78 Å². The van der Waals surface area contributed by atoms with Crippen LogP contribution in [-0.2, 0) is 20.0 Å². The second kappa shape index (κ2) is 9.70. The number of amidine groups is 1. The Bertz CT molecular complexity index is 1540. The van der Waals surface area contributed by atoms with E-state index in [0.29, 0.717) is 28.6 Å². The molecule has 0 spiro atoms. The van der Waals surface area contributed by atoms with Crippen molar-refractivity contribution in [3.8, 4) is 28.6 Å². The first-order valence-corrected chi connectivity index (χ1v) is 13.8. The van der Waals surface area contributed by atoms with E-state index in [1.165, 1.54) is 37.7 Å². The quantitative estimate of drug-likeness (QED) is 0.457. The van der Waals surface area contributed by atoms with Crippen LogP contribution < -0.4 is 10.1 Å². The van der Waals surface area contributed by atoms with Crippen molar-refractivity contribution < 1.29 is 27.4 Å². The van der Waals surface area contributed by atoms with Gasteiger partial charge >= 0.3 is 6.09 Å². The van der Waals surface area contributed by atoms with E-state index in [1.807, 2.05) is 0 Å². The zero-order valence-electron chi connectivity index (χ0n) is 22.8. The highest BCUT2D eigenvalue weighted by Crippen LogP contribution is 2.40. The van der Waals surface area contributed by atoms with Gasteiger partial charge < -0.3 is 14.0 Å². The fraction of sp³-hybridized carbons (Fsp3) is 0.423. The fourth-order valence-corrected chi connectivity index (χ4v) is 5.82. The van der Waals surface area contributed by atoms with Crippen LogP contribution in [0, 0.1) is 10.6 Å². The van der Waals surface area contributed by atoms with Crippen LogP contribution in [0.25, 0.3) is 22.7 Å². The number of halogens is 1. The standard InChI is InChI=1S/C26H31FN6O5S/c1-24(2,3)37-23(34)31-22-25(4,5)39(28,35)14-26(6,32-22)16-10-15(8-9-17(16)27)20-11-18(33-38-20)19-12-30-21(36-7)13-29-19/h8-13,28H,14H2,1-7H3,(H,31,32,34)/t26-,39-/m0/s1. The number of nitrogens with zero attached hydrogens (tertiary/aromatic N) is 4. The monoisotopic (exact) mass is 558 g/mol. The number of benzene rings is 1. The maximum Gasteiger partial charge on any atom is 0.413 e. The highest BCUT2D eigenvalue weighted by Gasteiger charge is 2.49. The van der Waals surface area contributed by atoms with Gasteiger partial charge in [-0.05, 0) is 59.7 Å². The van der Waals surface area contributed by atoms with E-state index in [1.54, 1.807) is 47.6 Å². The van der Waals surface area contributed by atoms with Gasteiger partial charge in [0.2, 0.25) is 5.88 Å². The second-order valence-corrected chi connectivity index (χ2v) is 13.6. The summed E-state index contributed by atoms with van der Waals surface area (Å²) < 4.78 is 52.1. The average Bonchev–Trinajstić information content (AvgIpc) is 3.32. The lowest BCUT2D eigenvalue weighted by Crippen LogP contribution is -2.57. The van der Waals surface area contributed by atoms with Gasteiger partial charge in [0.05, 0.1) is 35.0 Å². The normalized spacial score (nSPS) is 22.6. The minimum Gasteiger partial charge on any atom is -0.480 e. The Kier molecular flexibility index (Phi) is 7.00. The molecular weight excluding hydrogens is 527 g/mol. The van der Waals surface area contributed by atoms with Crippen LogP contribution in [0.3, 0.4) is 0 Å². The Hall–Kier alpha value is -3.87. The molecule has 2 atom stereocenters. The lowest BCUT2D eigenvalue weighted by molar-refractivity contribution is 0.0560. The number of methoxy groups -OCH3 is 1. The molecule has 208 valence electrons. The van der Waals surface area contributed by atoms with E-state index in [4.69, 9.17) is 18.8 Å². The summed E-state index contributed by atoms with van der Waals surface area (Å²) in [4.78, 5) is 25.6. The first-order chi connectivity index (χ1) is 18.0. The Morgan fingerprint density at radius 1 is 1.15 bits per heavy atom. The third-order valence-corrected chi connectivity index (χ3v) is 9.11. The number of rotatable bonds is 4. The number of hydrogen-bond donors (Lipinski definition) is 2. The van der Waals surface area contributed by atoms with Gasteiger partial charge in [-0.2, -0.15) is 0 Å². The average molecular weight is 559 g/mol. The van der Waals surface area contributed by atoms with Crippen LogP contribution in [0.1, 0.15) is 47.1 Å². The summed E-state index contributed by atoms with van der Waals surface area (Å²) in [6, 6.07) is 5.90. The highest BCUT2D eigenvalue weighted by molar-refractivity contribution is 7.94. The van der Waals surface area contributed by atoms with Crippen molar-refractivity contribution in [2.24, 2.45) is 4.99 Å². The van der Waals surface area contributed by atoms with Gasteiger partial charge in [0.1, 0.15) is 38.9 Å². The third kappa shape index (κ3) is 5.63. The Labute approximate surface area is 226 Å². The molecule has 3 heterocycles. The van der Waals surface area contributed by atoms with Crippen LogP contribution in [-0.4, -0.2) is 54.5 Å². The number of nitrogens with one attached hydrogen (secondary N) is 2. The lowest BCUT2D eigenvalue weighted by atomic mass is 9.91. The smallest absolute Gasteiger partial charge is 0.413 e. The molecule has 2 N–H and O–H groups in total. The minimum absolute atomic E-state index is 0.0182. The molecule has 1 aliphatic heterocycles. The zero-order chi connectivity index (χ0) is 28.8. The second-order valence-electron chi connectivity index (χ2n) is 10.9. The number of carbonyl (C=O) groups excluding carboxylic acids is 1. The van der Waals surface area contributed by atoms with E-state index in [2.05, 4.69) is 25.4 Å². The summed E-state index contributed by atoms with van der Waals surface area (Å²) in [5.41, 5.74) is -0.808.